The highest BCUT2D eigenvalue weighted by molar-refractivity contribution is 5.87. The maximum Gasteiger partial charge on any atom is 0.126 e. The van der Waals surface area contributed by atoms with Crippen LogP contribution in [0.25, 0.3) is 27.5 Å². The van der Waals surface area contributed by atoms with Crippen LogP contribution in [0.1, 0.15) is 25.0 Å². The molecular formula is C30H28N2. The average molecular weight is 417 g/mol. The fourth-order valence-corrected chi connectivity index (χ4v) is 3.76. The van der Waals surface area contributed by atoms with E-state index in [1.807, 2.05) is 20.0 Å². The van der Waals surface area contributed by atoms with E-state index in [0.717, 1.165) is 23.5 Å². The van der Waals surface area contributed by atoms with Crippen LogP contribution in [-0.4, -0.2) is 4.98 Å². The van der Waals surface area contributed by atoms with Crippen molar-refractivity contribution in [3.63, 3.8) is 0 Å². The summed E-state index contributed by atoms with van der Waals surface area (Å²) in [5, 5.41) is 5.96. The first-order valence-corrected chi connectivity index (χ1v) is 10.9. The molecule has 0 aliphatic rings. The Balaban J connectivity index is 1.48. The van der Waals surface area contributed by atoms with Gasteiger partial charge in [0.25, 0.3) is 0 Å². The molecule has 4 aromatic rings. The molecule has 0 amide bonds. The first-order chi connectivity index (χ1) is 15.6. The Bertz CT molecular complexity index is 1290. The van der Waals surface area contributed by atoms with Crippen LogP contribution in [0.2, 0.25) is 0 Å². The molecule has 1 heterocycles. The molecule has 0 aliphatic carbocycles. The molecule has 4 rings (SSSR count). The van der Waals surface area contributed by atoms with Gasteiger partial charge in [-0.1, -0.05) is 91.0 Å². The molecule has 158 valence electrons. The third kappa shape index (κ3) is 5.22. The van der Waals surface area contributed by atoms with Crippen LogP contribution in [0.15, 0.2) is 115 Å². The van der Waals surface area contributed by atoms with Crippen LogP contribution in [0.3, 0.4) is 0 Å². The van der Waals surface area contributed by atoms with E-state index in [0.29, 0.717) is 0 Å². The maximum atomic E-state index is 4.51. The van der Waals surface area contributed by atoms with Crippen molar-refractivity contribution in [2.24, 2.45) is 0 Å². The normalized spacial score (nSPS) is 11.8. The summed E-state index contributed by atoms with van der Waals surface area (Å²) in [6.45, 7) is 8.77. The van der Waals surface area contributed by atoms with Crippen molar-refractivity contribution in [2.75, 3.05) is 5.32 Å². The summed E-state index contributed by atoms with van der Waals surface area (Å²) in [7, 11) is 0. The van der Waals surface area contributed by atoms with Crippen molar-refractivity contribution >= 4 is 22.2 Å². The van der Waals surface area contributed by atoms with Gasteiger partial charge in [-0.2, -0.15) is 0 Å². The second-order valence-electron chi connectivity index (χ2n) is 7.99. The summed E-state index contributed by atoms with van der Waals surface area (Å²) in [5.41, 5.74) is 6.96. The summed E-state index contributed by atoms with van der Waals surface area (Å²) < 4.78 is 0. The lowest BCUT2D eigenvalue weighted by Gasteiger charge is -2.10. The maximum absolute atomic E-state index is 4.51. The minimum Gasteiger partial charge on any atom is -0.366 e. The van der Waals surface area contributed by atoms with Crippen molar-refractivity contribution in [1.29, 1.82) is 0 Å². The molecule has 0 bridgehead atoms. The Labute approximate surface area is 190 Å². The summed E-state index contributed by atoms with van der Waals surface area (Å²) >= 11 is 0. The topological polar surface area (TPSA) is 24.9 Å². The number of pyridine rings is 1. The quantitative estimate of drug-likeness (QED) is 0.308. The highest BCUT2D eigenvalue weighted by atomic mass is 15.0. The zero-order chi connectivity index (χ0) is 22.3. The molecule has 3 aromatic carbocycles. The molecule has 1 aromatic heterocycles. The number of fused-ring (bicyclic) bond motifs is 1. The Morgan fingerprint density at radius 1 is 0.906 bits per heavy atom. The van der Waals surface area contributed by atoms with E-state index in [1.165, 1.54) is 33.0 Å². The van der Waals surface area contributed by atoms with Gasteiger partial charge >= 0.3 is 0 Å². The van der Waals surface area contributed by atoms with Gasteiger partial charge in [0.2, 0.25) is 0 Å². The Hall–Kier alpha value is -3.91. The van der Waals surface area contributed by atoms with E-state index in [9.17, 15) is 0 Å². The van der Waals surface area contributed by atoms with Crippen LogP contribution in [-0.2, 0) is 6.54 Å². The fraction of sp³-hybridized carbons (Fsp3) is 0.100. The van der Waals surface area contributed by atoms with Gasteiger partial charge in [0.15, 0.2) is 0 Å². The van der Waals surface area contributed by atoms with Gasteiger partial charge in [-0.15, -0.1) is 0 Å². The number of benzene rings is 3. The molecule has 0 aliphatic heterocycles. The number of hydrogen-bond donors (Lipinski definition) is 1. The number of hydrogen-bond acceptors (Lipinski definition) is 2. The summed E-state index contributed by atoms with van der Waals surface area (Å²) in [6.07, 6.45) is 8.14. The molecule has 32 heavy (non-hydrogen) atoms. The lowest BCUT2D eigenvalue weighted by atomic mass is 10.0. The van der Waals surface area contributed by atoms with Crippen LogP contribution in [0, 0.1) is 0 Å². The number of rotatable bonds is 7. The molecule has 0 atom stereocenters. The van der Waals surface area contributed by atoms with Gasteiger partial charge in [-0.3, -0.25) is 0 Å². The van der Waals surface area contributed by atoms with Crippen LogP contribution in [0.5, 0.6) is 0 Å². The highest BCUT2D eigenvalue weighted by Crippen LogP contribution is 2.26. The predicted molar refractivity (Wildman–Crippen MR) is 139 cm³/mol. The molecular weight excluding hydrogens is 388 g/mol. The fourth-order valence-electron chi connectivity index (χ4n) is 3.76. The number of nitrogens with zero attached hydrogens (tertiary/aromatic N) is 1. The summed E-state index contributed by atoms with van der Waals surface area (Å²) in [4.78, 5) is 4.51. The molecule has 0 saturated heterocycles. The third-order valence-corrected chi connectivity index (χ3v) is 5.35. The van der Waals surface area contributed by atoms with Gasteiger partial charge in [0, 0.05) is 12.7 Å². The summed E-state index contributed by atoms with van der Waals surface area (Å²) in [6, 6.07) is 27.8. The second kappa shape index (κ2) is 9.93. The van der Waals surface area contributed by atoms with Crippen molar-refractivity contribution < 1.29 is 0 Å². The van der Waals surface area contributed by atoms with Gasteiger partial charge in [0.05, 0.1) is 0 Å². The lowest BCUT2D eigenvalue weighted by Crippen LogP contribution is -2.01. The van der Waals surface area contributed by atoms with Crippen molar-refractivity contribution in [3.05, 3.63) is 127 Å². The molecule has 0 fully saturated rings. The second-order valence-corrected chi connectivity index (χ2v) is 7.99. The molecule has 2 nitrogen and oxygen atoms in total. The Kier molecular flexibility index (Phi) is 6.62. The van der Waals surface area contributed by atoms with Gasteiger partial charge < -0.3 is 5.32 Å². The molecule has 0 unspecified atom stereocenters. The molecule has 0 saturated carbocycles. The van der Waals surface area contributed by atoms with Gasteiger partial charge in [-0.05, 0) is 70.6 Å². The molecule has 0 radical (unpaired) electrons. The number of aromatic nitrogens is 1. The van der Waals surface area contributed by atoms with E-state index in [1.54, 1.807) is 0 Å². The number of nitrogens with one attached hydrogen (secondary N) is 1. The third-order valence-electron chi connectivity index (χ3n) is 5.35. The van der Waals surface area contributed by atoms with E-state index < -0.39 is 0 Å². The first kappa shape index (κ1) is 21.3. The van der Waals surface area contributed by atoms with E-state index in [2.05, 4.69) is 114 Å². The van der Waals surface area contributed by atoms with Crippen LogP contribution < -0.4 is 5.32 Å². The first-order valence-electron chi connectivity index (χ1n) is 10.9. The summed E-state index contributed by atoms with van der Waals surface area (Å²) in [5.74, 6) is 0.872. The van der Waals surface area contributed by atoms with E-state index >= 15 is 0 Å². The smallest absolute Gasteiger partial charge is 0.126 e. The molecule has 1 N–H and O–H groups in total. The largest absolute Gasteiger partial charge is 0.366 e. The average Bonchev–Trinajstić information content (AvgIpc) is 2.82. The van der Waals surface area contributed by atoms with Gasteiger partial charge in [0.1, 0.15) is 5.82 Å². The van der Waals surface area contributed by atoms with Crippen LogP contribution in [0.4, 0.5) is 5.82 Å². The molecule has 0 spiro atoms. The monoisotopic (exact) mass is 416 g/mol. The predicted octanol–water partition coefficient (Wildman–Crippen LogP) is 8.05. The van der Waals surface area contributed by atoms with Crippen molar-refractivity contribution in [1.82, 2.24) is 4.98 Å². The Morgan fingerprint density at radius 2 is 1.66 bits per heavy atom. The Morgan fingerprint density at radius 3 is 2.41 bits per heavy atom. The minimum atomic E-state index is 0.720. The lowest BCUT2D eigenvalue weighted by molar-refractivity contribution is 1.11. The highest BCUT2D eigenvalue weighted by Gasteiger charge is 2.03. The standard InChI is InChI=1S/C30H28N2/c1-4-7-26(18-22(2)3)25-12-10-23(11-13-25)21-32-30-20-29(16-17-31-30)28-15-14-24-8-5-6-9-27(24)19-28/h4-20H,2,21H2,1,3H3,(H,31,32)/b7-4-,26-18+. The zero-order valence-electron chi connectivity index (χ0n) is 18.7. The number of anilines is 1. The van der Waals surface area contributed by atoms with Crippen LogP contribution >= 0.6 is 0 Å². The SMILES string of the molecule is C=C(C)/C=C(\C=C/C)c1ccc(CNc2cc(-c3ccc4ccccc4c3)ccn2)cc1. The van der Waals surface area contributed by atoms with Gasteiger partial charge in [-0.25, -0.2) is 4.98 Å². The zero-order valence-corrected chi connectivity index (χ0v) is 18.7. The van der Waals surface area contributed by atoms with Crippen molar-refractivity contribution in [2.45, 2.75) is 20.4 Å². The van der Waals surface area contributed by atoms with E-state index in [4.69, 9.17) is 0 Å². The van der Waals surface area contributed by atoms with E-state index in [-0.39, 0.29) is 0 Å². The number of allylic oxidation sites excluding steroid dienone is 5. The molecule has 2 heteroatoms. The minimum absolute atomic E-state index is 0.720. The van der Waals surface area contributed by atoms with Crippen molar-refractivity contribution in [3.8, 4) is 11.1 Å².